The number of Topliss-reactive ketones (excluding diaryl/α,β-unsaturated/α-hetero) is 1. The van der Waals surface area contributed by atoms with Crippen molar-refractivity contribution in [3.8, 4) is 0 Å². The van der Waals surface area contributed by atoms with Gasteiger partial charge >= 0.3 is 0 Å². The Labute approximate surface area is 132 Å². The molecule has 4 heteroatoms. The molecular formula is C17H26N2OS. The van der Waals surface area contributed by atoms with Crippen molar-refractivity contribution in [2.45, 2.75) is 17.7 Å². The van der Waals surface area contributed by atoms with Crippen LogP contribution < -0.4 is 0 Å². The van der Waals surface area contributed by atoms with Crippen molar-refractivity contribution in [3.63, 3.8) is 0 Å². The molecule has 0 N–H and O–H groups in total. The van der Waals surface area contributed by atoms with Gasteiger partial charge in [0, 0.05) is 17.0 Å². The molecule has 1 heterocycles. The van der Waals surface area contributed by atoms with Crippen molar-refractivity contribution in [2.24, 2.45) is 5.92 Å². The molecular weight excluding hydrogens is 280 g/mol. The highest BCUT2D eigenvalue weighted by Gasteiger charge is 2.21. The van der Waals surface area contributed by atoms with Crippen LogP contribution in [0.15, 0.2) is 29.2 Å². The maximum absolute atomic E-state index is 12.3. The zero-order valence-corrected chi connectivity index (χ0v) is 14.2. The van der Waals surface area contributed by atoms with E-state index in [1.54, 1.807) is 11.8 Å². The third-order valence-electron chi connectivity index (χ3n) is 4.11. The van der Waals surface area contributed by atoms with Crippen LogP contribution in [0.3, 0.4) is 0 Å². The Kier molecular flexibility index (Phi) is 6.27. The van der Waals surface area contributed by atoms with Crippen LogP contribution >= 0.6 is 11.8 Å². The maximum Gasteiger partial charge on any atom is 0.176 e. The lowest BCUT2D eigenvalue weighted by molar-refractivity contribution is 0.0886. The van der Waals surface area contributed by atoms with E-state index in [4.69, 9.17) is 0 Å². The maximum atomic E-state index is 12.3. The molecule has 0 unspecified atom stereocenters. The Bertz CT molecular complexity index is 450. The summed E-state index contributed by atoms with van der Waals surface area (Å²) >= 11 is 1.70. The van der Waals surface area contributed by atoms with Crippen LogP contribution in [0.5, 0.6) is 0 Å². The first-order valence-electron chi connectivity index (χ1n) is 7.63. The first kappa shape index (κ1) is 16.5. The molecule has 3 nitrogen and oxygen atoms in total. The average Bonchev–Trinajstić information content (AvgIpc) is 2.49. The molecule has 0 saturated carbocycles. The lowest BCUT2D eigenvalue weighted by Gasteiger charge is -2.32. The summed E-state index contributed by atoms with van der Waals surface area (Å²) < 4.78 is 0. The van der Waals surface area contributed by atoms with Crippen molar-refractivity contribution in [3.05, 3.63) is 29.8 Å². The molecule has 0 aromatic heterocycles. The molecule has 1 aromatic carbocycles. The second kappa shape index (κ2) is 7.97. The summed E-state index contributed by atoms with van der Waals surface area (Å²) in [6, 6.07) is 7.96. The number of carbonyl (C=O) groups excluding carboxylic acids is 1. The third kappa shape index (κ3) is 5.13. The minimum absolute atomic E-state index is 0.244. The van der Waals surface area contributed by atoms with Crippen LogP contribution in [-0.2, 0) is 0 Å². The number of thioether (sulfide) groups is 1. The fourth-order valence-corrected chi connectivity index (χ4v) is 3.32. The highest BCUT2D eigenvalue weighted by Crippen LogP contribution is 2.19. The topological polar surface area (TPSA) is 23.6 Å². The Morgan fingerprint density at radius 2 is 1.86 bits per heavy atom. The van der Waals surface area contributed by atoms with Gasteiger partial charge in [-0.2, -0.15) is 0 Å². The largest absolute Gasteiger partial charge is 0.309 e. The minimum Gasteiger partial charge on any atom is -0.309 e. The third-order valence-corrected chi connectivity index (χ3v) is 4.85. The summed E-state index contributed by atoms with van der Waals surface area (Å²) in [7, 11) is 4.27. The molecule has 1 saturated heterocycles. The molecule has 116 valence electrons. The number of nitrogens with zero attached hydrogens (tertiary/aromatic N) is 2. The number of carbonyl (C=O) groups is 1. The van der Waals surface area contributed by atoms with E-state index in [-0.39, 0.29) is 5.78 Å². The Hall–Kier alpha value is -0.840. The fraction of sp³-hybridized carbons (Fsp3) is 0.588. The van der Waals surface area contributed by atoms with E-state index in [0.717, 1.165) is 31.1 Å². The van der Waals surface area contributed by atoms with Crippen molar-refractivity contribution in [1.29, 1.82) is 0 Å². The summed E-state index contributed by atoms with van der Waals surface area (Å²) in [5.41, 5.74) is 0.836. The Morgan fingerprint density at radius 3 is 2.38 bits per heavy atom. The molecule has 0 amide bonds. The normalized spacial score (nSPS) is 17.3. The molecule has 1 aromatic rings. The van der Waals surface area contributed by atoms with Crippen molar-refractivity contribution in [2.75, 3.05) is 46.5 Å². The van der Waals surface area contributed by atoms with Gasteiger partial charge in [0.1, 0.15) is 0 Å². The number of ketones is 1. The molecule has 1 aliphatic rings. The van der Waals surface area contributed by atoms with E-state index in [9.17, 15) is 4.79 Å². The molecule has 0 atom stereocenters. The van der Waals surface area contributed by atoms with Crippen molar-refractivity contribution in [1.82, 2.24) is 9.80 Å². The molecule has 0 bridgehead atoms. The highest BCUT2D eigenvalue weighted by atomic mass is 32.2. The van der Waals surface area contributed by atoms with E-state index in [1.165, 1.54) is 17.7 Å². The molecule has 1 fully saturated rings. The standard InChI is InChI=1S/C17H26N2OS/c1-18(2)12-14-8-10-19(11-9-14)13-17(20)15-4-6-16(21-3)7-5-15/h4-7,14H,8-13H2,1-3H3. The highest BCUT2D eigenvalue weighted by molar-refractivity contribution is 7.98. The van der Waals surface area contributed by atoms with Crippen molar-refractivity contribution < 1.29 is 4.79 Å². The van der Waals surface area contributed by atoms with Crippen molar-refractivity contribution >= 4 is 17.5 Å². The summed E-state index contributed by atoms with van der Waals surface area (Å²) in [6.07, 6.45) is 4.46. The first-order chi connectivity index (χ1) is 10.1. The van der Waals surface area contributed by atoms with Gasteiger partial charge in [-0.15, -0.1) is 11.8 Å². The van der Waals surface area contributed by atoms with Gasteiger partial charge in [0.2, 0.25) is 0 Å². The van der Waals surface area contributed by atoms with E-state index in [2.05, 4.69) is 30.2 Å². The summed E-state index contributed by atoms with van der Waals surface area (Å²) in [6.45, 7) is 3.82. The fourth-order valence-electron chi connectivity index (χ4n) is 2.91. The van der Waals surface area contributed by atoms with Gasteiger partial charge < -0.3 is 4.90 Å². The number of hydrogen-bond donors (Lipinski definition) is 0. The van der Waals surface area contributed by atoms with Gasteiger partial charge in [-0.25, -0.2) is 0 Å². The Balaban J connectivity index is 1.81. The van der Waals surface area contributed by atoms with Gasteiger partial charge in [-0.3, -0.25) is 9.69 Å². The van der Waals surface area contributed by atoms with E-state index in [1.807, 2.05) is 24.3 Å². The lowest BCUT2D eigenvalue weighted by Crippen LogP contribution is -2.39. The second-order valence-electron chi connectivity index (χ2n) is 6.13. The number of hydrogen-bond acceptors (Lipinski definition) is 4. The van der Waals surface area contributed by atoms with Crippen LogP contribution in [0.4, 0.5) is 0 Å². The number of likely N-dealkylation sites (tertiary alicyclic amines) is 1. The molecule has 0 spiro atoms. The number of rotatable bonds is 6. The van der Waals surface area contributed by atoms with Crippen LogP contribution in [0.1, 0.15) is 23.2 Å². The van der Waals surface area contributed by atoms with Gasteiger partial charge in [-0.05, 0) is 64.3 Å². The predicted molar refractivity (Wildman–Crippen MR) is 90.3 cm³/mol. The lowest BCUT2D eigenvalue weighted by atomic mass is 9.96. The number of piperidine rings is 1. The van der Waals surface area contributed by atoms with Crippen LogP contribution in [0.2, 0.25) is 0 Å². The first-order valence-corrected chi connectivity index (χ1v) is 8.85. The van der Waals surface area contributed by atoms with Gasteiger partial charge in [0.05, 0.1) is 6.54 Å². The second-order valence-corrected chi connectivity index (χ2v) is 7.01. The van der Waals surface area contributed by atoms with Gasteiger partial charge in [0.25, 0.3) is 0 Å². The Morgan fingerprint density at radius 1 is 1.24 bits per heavy atom. The zero-order valence-electron chi connectivity index (χ0n) is 13.3. The SMILES string of the molecule is CSc1ccc(C(=O)CN2CCC(CN(C)C)CC2)cc1. The summed E-state index contributed by atoms with van der Waals surface area (Å²) in [5.74, 6) is 1.03. The molecule has 2 rings (SSSR count). The van der Waals surface area contributed by atoms with E-state index >= 15 is 0 Å². The minimum atomic E-state index is 0.244. The van der Waals surface area contributed by atoms with Gasteiger partial charge in [0.15, 0.2) is 5.78 Å². The molecule has 0 aliphatic carbocycles. The quantitative estimate of drug-likeness (QED) is 0.595. The smallest absolute Gasteiger partial charge is 0.176 e. The van der Waals surface area contributed by atoms with Gasteiger partial charge in [-0.1, -0.05) is 12.1 Å². The molecule has 0 radical (unpaired) electrons. The zero-order chi connectivity index (χ0) is 15.2. The summed E-state index contributed by atoms with van der Waals surface area (Å²) in [5, 5.41) is 0. The van der Waals surface area contributed by atoms with E-state index in [0.29, 0.717) is 6.54 Å². The van der Waals surface area contributed by atoms with Crippen LogP contribution in [0.25, 0.3) is 0 Å². The molecule has 1 aliphatic heterocycles. The average molecular weight is 306 g/mol. The van der Waals surface area contributed by atoms with Crippen LogP contribution in [-0.4, -0.2) is 62.1 Å². The van der Waals surface area contributed by atoms with E-state index < -0.39 is 0 Å². The predicted octanol–water partition coefficient (Wildman–Crippen LogP) is 2.86. The number of benzene rings is 1. The molecule has 21 heavy (non-hydrogen) atoms. The summed E-state index contributed by atoms with van der Waals surface area (Å²) in [4.78, 5) is 18.1. The monoisotopic (exact) mass is 306 g/mol. The van der Waals surface area contributed by atoms with Crippen LogP contribution in [0, 0.1) is 5.92 Å².